The zero-order valence-corrected chi connectivity index (χ0v) is 7.99. The molecule has 0 heterocycles. The number of phenols is 1. The summed E-state index contributed by atoms with van der Waals surface area (Å²) < 4.78 is 0. The van der Waals surface area contributed by atoms with Gasteiger partial charge in [-0.05, 0) is 23.1 Å². The Morgan fingerprint density at radius 2 is 1.69 bits per heavy atom. The van der Waals surface area contributed by atoms with Gasteiger partial charge in [0, 0.05) is 12.0 Å². The highest BCUT2D eigenvalue weighted by atomic mass is 16.3. The van der Waals surface area contributed by atoms with Gasteiger partial charge in [-0.15, -0.1) is 0 Å². The smallest absolute Gasteiger partial charge is 0.115 e. The Kier molecular flexibility index (Phi) is 1.64. The van der Waals surface area contributed by atoms with E-state index in [1.54, 1.807) is 12.1 Å². The van der Waals surface area contributed by atoms with Crippen LogP contribution < -0.4 is 5.73 Å². The zero-order chi connectivity index (χ0) is 9.64. The van der Waals surface area contributed by atoms with E-state index in [2.05, 4.69) is 13.8 Å². The van der Waals surface area contributed by atoms with Crippen LogP contribution in [0.25, 0.3) is 0 Å². The van der Waals surface area contributed by atoms with Gasteiger partial charge in [-0.2, -0.15) is 0 Å². The predicted octanol–water partition coefficient (Wildman–Crippen LogP) is 1.84. The predicted molar refractivity (Wildman–Crippen MR) is 52.6 cm³/mol. The van der Waals surface area contributed by atoms with Crippen LogP contribution in [0.2, 0.25) is 0 Å². The fourth-order valence-corrected chi connectivity index (χ4v) is 2.00. The maximum absolute atomic E-state index is 9.12. The lowest BCUT2D eigenvalue weighted by Gasteiger charge is -2.02. The number of rotatable bonds is 1. The third kappa shape index (κ3) is 1.22. The molecule has 13 heavy (non-hydrogen) atoms. The first-order valence-corrected chi connectivity index (χ1v) is 4.58. The van der Waals surface area contributed by atoms with Crippen LogP contribution in [0.4, 0.5) is 0 Å². The highest BCUT2D eigenvalue weighted by Crippen LogP contribution is 2.57. The van der Waals surface area contributed by atoms with Gasteiger partial charge < -0.3 is 10.8 Å². The average Bonchev–Trinajstić information content (AvgIpc) is 2.55. The maximum atomic E-state index is 9.12. The van der Waals surface area contributed by atoms with E-state index in [0.29, 0.717) is 11.7 Å². The largest absolute Gasteiger partial charge is 0.508 e. The second-order valence-corrected chi connectivity index (χ2v) is 4.42. The Bertz CT molecular complexity index is 315. The molecule has 1 aromatic rings. The molecule has 0 saturated heterocycles. The molecule has 0 amide bonds. The van der Waals surface area contributed by atoms with Gasteiger partial charge in [0.25, 0.3) is 0 Å². The van der Waals surface area contributed by atoms with Gasteiger partial charge in [-0.3, -0.25) is 0 Å². The van der Waals surface area contributed by atoms with Crippen molar-refractivity contribution in [1.29, 1.82) is 0 Å². The minimum absolute atomic E-state index is 0.219. The molecule has 70 valence electrons. The molecule has 0 spiro atoms. The van der Waals surface area contributed by atoms with Gasteiger partial charge in [0.15, 0.2) is 0 Å². The van der Waals surface area contributed by atoms with E-state index in [-0.39, 0.29) is 11.5 Å². The Balaban J connectivity index is 2.25. The van der Waals surface area contributed by atoms with Gasteiger partial charge in [0.2, 0.25) is 0 Å². The van der Waals surface area contributed by atoms with E-state index in [0.717, 1.165) is 0 Å². The summed E-state index contributed by atoms with van der Waals surface area (Å²) in [5, 5.41) is 9.12. The minimum Gasteiger partial charge on any atom is -0.508 e. The lowest BCUT2D eigenvalue weighted by Crippen LogP contribution is -2.06. The highest BCUT2D eigenvalue weighted by Gasteiger charge is 2.55. The number of hydrogen-bond donors (Lipinski definition) is 2. The van der Waals surface area contributed by atoms with E-state index in [1.807, 2.05) is 12.1 Å². The lowest BCUT2D eigenvalue weighted by atomic mass is 10.0. The van der Waals surface area contributed by atoms with Crippen molar-refractivity contribution in [2.24, 2.45) is 11.1 Å². The molecular formula is C11H15NO. The van der Waals surface area contributed by atoms with Gasteiger partial charge in [0.1, 0.15) is 5.75 Å². The number of benzene rings is 1. The Morgan fingerprint density at radius 1 is 1.23 bits per heavy atom. The summed E-state index contributed by atoms with van der Waals surface area (Å²) in [4.78, 5) is 0. The Labute approximate surface area is 78.4 Å². The van der Waals surface area contributed by atoms with E-state index < -0.39 is 0 Å². The Morgan fingerprint density at radius 3 is 2.08 bits per heavy atom. The first kappa shape index (κ1) is 8.57. The molecule has 3 N–H and O–H groups in total. The van der Waals surface area contributed by atoms with Gasteiger partial charge in [-0.1, -0.05) is 26.0 Å². The van der Waals surface area contributed by atoms with Crippen LogP contribution in [0.15, 0.2) is 24.3 Å². The van der Waals surface area contributed by atoms with Crippen LogP contribution in [0.5, 0.6) is 5.75 Å². The van der Waals surface area contributed by atoms with Crippen molar-refractivity contribution >= 4 is 0 Å². The van der Waals surface area contributed by atoms with E-state index in [1.165, 1.54) is 5.56 Å². The van der Waals surface area contributed by atoms with Crippen molar-refractivity contribution in [3.05, 3.63) is 29.8 Å². The average molecular weight is 177 g/mol. The SMILES string of the molecule is CC1(C)[C@@H](N)[C@@H]1c1ccc(O)cc1. The van der Waals surface area contributed by atoms with Crippen LogP contribution in [0.1, 0.15) is 25.3 Å². The molecule has 1 aromatic carbocycles. The zero-order valence-electron chi connectivity index (χ0n) is 7.99. The molecule has 2 nitrogen and oxygen atoms in total. The summed E-state index contributed by atoms with van der Waals surface area (Å²) in [6.07, 6.45) is 0. The minimum atomic E-state index is 0.219. The van der Waals surface area contributed by atoms with E-state index >= 15 is 0 Å². The van der Waals surface area contributed by atoms with E-state index in [4.69, 9.17) is 10.8 Å². The Hall–Kier alpha value is -1.02. The van der Waals surface area contributed by atoms with Crippen molar-refractivity contribution in [1.82, 2.24) is 0 Å². The number of aromatic hydroxyl groups is 1. The number of nitrogens with two attached hydrogens (primary N) is 1. The van der Waals surface area contributed by atoms with E-state index in [9.17, 15) is 0 Å². The lowest BCUT2D eigenvalue weighted by molar-refractivity contribution is 0.475. The molecule has 2 heteroatoms. The maximum Gasteiger partial charge on any atom is 0.115 e. The molecule has 1 saturated carbocycles. The van der Waals surface area contributed by atoms with Gasteiger partial charge in [0.05, 0.1) is 0 Å². The van der Waals surface area contributed by atoms with Crippen molar-refractivity contribution in [3.63, 3.8) is 0 Å². The summed E-state index contributed by atoms with van der Waals surface area (Å²) in [5.74, 6) is 0.767. The molecule has 1 fully saturated rings. The van der Waals surface area contributed by atoms with Crippen molar-refractivity contribution in [2.75, 3.05) is 0 Å². The molecule has 2 atom stereocenters. The van der Waals surface area contributed by atoms with Crippen LogP contribution >= 0.6 is 0 Å². The summed E-state index contributed by atoms with van der Waals surface area (Å²) >= 11 is 0. The third-order valence-electron chi connectivity index (χ3n) is 3.16. The fourth-order valence-electron chi connectivity index (χ4n) is 2.00. The molecule has 0 aromatic heterocycles. The summed E-state index contributed by atoms with van der Waals surface area (Å²) in [6, 6.07) is 7.60. The third-order valence-corrected chi connectivity index (χ3v) is 3.16. The van der Waals surface area contributed by atoms with Crippen LogP contribution in [0, 0.1) is 5.41 Å². The van der Waals surface area contributed by atoms with Gasteiger partial charge in [-0.25, -0.2) is 0 Å². The number of phenolic OH excluding ortho intramolecular Hbond substituents is 1. The quantitative estimate of drug-likeness (QED) is 0.687. The van der Waals surface area contributed by atoms with Crippen molar-refractivity contribution in [3.8, 4) is 5.75 Å². The molecule has 0 bridgehead atoms. The molecule has 1 aliphatic rings. The first-order valence-electron chi connectivity index (χ1n) is 4.58. The second kappa shape index (κ2) is 2.48. The van der Waals surface area contributed by atoms with Gasteiger partial charge >= 0.3 is 0 Å². The second-order valence-electron chi connectivity index (χ2n) is 4.42. The molecule has 2 rings (SSSR count). The molecule has 0 aliphatic heterocycles. The molecular weight excluding hydrogens is 162 g/mol. The van der Waals surface area contributed by atoms with Crippen LogP contribution in [0.3, 0.4) is 0 Å². The molecule has 1 aliphatic carbocycles. The van der Waals surface area contributed by atoms with Crippen LogP contribution in [-0.2, 0) is 0 Å². The normalized spacial score (nSPS) is 30.1. The monoisotopic (exact) mass is 177 g/mol. The highest BCUT2D eigenvalue weighted by molar-refractivity contribution is 5.36. The van der Waals surface area contributed by atoms with Crippen LogP contribution in [-0.4, -0.2) is 11.1 Å². The number of hydrogen-bond acceptors (Lipinski definition) is 2. The summed E-state index contributed by atoms with van der Waals surface area (Å²) in [6.45, 7) is 4.35. The van der Waals surface area contributed by atoms with Crippen molar-refractivity contribution in [2.45, 2.75) is 25.8 Å². The molecule has 0 radical (unpaired) electrons. The first-order chi connectivity index (χ1) is 6.03. The topological polar surface area (TPSA) is 46.2 Å². The standard InChI is InChI=1S/C11H15NO/c1-11(2)9(10(11)12)7-3-5-8(13)6-4-7/h3-6,9-10,13H,12H2,1-2H3/t9-,10-/m0/s1. The summed E-state index contributed by atoms with van der Waals surface area (Å²) in [5.41, 5.74) is 7.40. The van der Waals surface area contributed by atoms with Crippen molar-refractivity contribution < 1.29 is 5.11 Å². The molecule has 0 unspecified atom stereocenters. The fraction of sp³-hybridized carbons (Fsp3) is 0.455. The summed E-state index contributed by atoms with van der Waals surface area (Å²) in [7, 11) is 0.